The summed E-state index contributed by atoms with van der Waals surface area (Å²) in [5.41, 5.74) is 0.902. The molecule has 1 aliphatic heterocycles. The summed E-state index contributed by atoms with van der Waals surface area (Å²) < 4.78 is 35.9. The number of benzene rings is 1. The maximum absolute atomic E-state index is 12.5. The van der Waals surface area contributed by atoms with Gasteiger partial charge in [-0.15, -0.1) is 0 Å². The fraction of sp³-hybridized carbons (Fsp3) is 0.632. The van der Waals surface area contributed by atoms with Gasteiger partial charge in [-0.05, 0) is 37.0 Å². The van der Waals surface area contributed by atoms with Crippen LogP contribution in [0.5, 0.6) is 11.5 Å². The molecule has 1 aromatic carbocycles. The minimum Gasteiger partial charge on any atom is -0.493 e. The molecule has 1 N–H and O–H groups in total. The lowest BCUT2D eigenvalue weighted by atomic mass is 9.98. The quantitative estimate of drug-likeness (QED) is 0.645. The third-order valence-corrected chi connectivity index (χ3v) is 5.94. The molecule has 0 unspecified atom stereocenters. The molecule has 27 heavy (non-hydrogen) atoms. The molecule has 0 radical (unpaired) electrons. The molecule has 0 aliphatic carbocycles. The van der Waals surface area contributed by atoms with E-state index in [1.165, 1.54) is 10.6 Å². The van der Waals surface area contributed by atoms with Crippen LogP contribution in [0.4, 0.5) is 0 Å². The molecular weight excluding hydrogens is 368 g/mol. The molecule has 7 nitrogen and oxygen atoms in total. The topological polar surface area (TPSA) is 84.9 Å². The molecule has 152 valence electrons. The molecule has 0 bridgehead atoms. The molecular formula is C19H30N2O5S. The smallest absolute Gasteiger partial charge is 0.224 e. The third kappa shape index (κ3) is 6.39. The standard InChI is InChI=1S/C19H30N2O5S/c1-4-5-11-26-17-9-8-15(12-18(17)25-2)13-20-19(22)16-7-6-10-21(14-16)27(3,23)24/h8-9,12,16H,4-7,10-11,13-14H2,1-3H3,(H,20,22)/t16-/m0/s1. The van der Waals surface area contributed by atoms with Crippen molar-refractivity contribution >= 4 is 15.9 Å². The largest absolute Gasteiger partial charge is 0.493 e. The molecule has 0 spiro atoms. The van der Waals surface area contributed by atoms with Crippen LogP contribution in [-0.4, -0.2) is 51.7 Å². The van der Waals surface area contributed by atoms with Gasteiger partial charge >= 0.3 is 0 Å². The number of methoxy groups -OCH3 is 1. The van der Waals surface area contributed by atoms with Gasteiger partial charge in [0.15, 0.2) is 11.5 Å². The number of amides is 1. The van der Waals surface area contributed by atoms with E-state index >= 15 is 0 Å². The van der Waals surface area contributed by atoms with Gasteiger partial charge in [0, 0.05) is 19.6 Å². The van der Waals surface area contributed by atoms with Crippen LogP contribution in [0.1, 0.15) is 38.2 Å². The number of hydrogen-bond donors (Lipinski definition) is 1. The Hall–Kier alpha value is -1.80. The Labute approximate surface area is 162 Å². The lowest BCUT2D eigenvalue weighted by molar-refractivity contribution is -0.126. The van der Waals surface area contributed by atoms with Crippen LogP contribution in [0.3, 0.4) is 0 Å². The second-order valence-electron chi connectivity index (χ2n) is 6.87. The minimum atomic E-state index is -3.26. The van der Waals surface area contributed by atoms with Crippen molar-refractivity contribution in [2.75, 3.05) is 33.1 Å². The zero-order chi connectivity index (χ0) is 19.9. The average Bonchev–Trinajstić information content (AvgIpc) is 2.66. The number of sulfonamides is 1. The van der Waals surface area contributed by atoms with Crippen molar-refractivity contribution < 1.29 is 22.7 Å². The summed E-state index contributed by atoms with van der Waals surface area (Å²) in [4.78, 5) is 12.5. The molecule has 1 saturated heterocycles. The Balaban J connectivity index is 1.92. The van der Waals surface area contributed by atoms with Crippen LogP contribution < -0.4 is 14.8 Å². The maximum Gasteiger partial charge on any atom is 0.224 e. The van der Waals surface area contributed by atoms with Crippen LogP contribution in [0.2, 0.25) is 0 Å². The van der Waals surface area contributed by atoms with Crippen molar-refractivity contribution in [3.63, 3.8) is 0 Å². The Bertz CT molecular complexity index is 736. The molecule has 0 aromatic heterocycles. The second kappa shape index (κ2) is 9.94. The summed E-state index contributed by atoms with van der Waals surface area (Å²) in [6.07, 6.45) is 4.62. The van der Waals surface area contributed by atoms with E-state index in [-0.39, 0.29) is 18.4 Å². The Kier molecular flexibility index (Phi) is 7.91. The number of carbonyl (C=O) groups excluding carboxylic acids is 1. The maximum atomic E-state index is 12.5. The normalized spacial score (nSPS) is 18.1. The average molecular weight is 399 g/mol. The first-order valence-electron chi connectivity index (χ1n) is 9.37. The van der Waals surface area contributed by atoms with E-state index in [4.69, 9.17) is 9.47 Å². The third-order valence-electron chi connectivity index (χ3n) is 4.67. The van der Waals surface area contributed by atoms with Gasteiger partial charge in [-0.1, -0.05) is 19.4 Å². The van der Waals surface area contributed by atoms with Gasteiger partial charge in [0.05, 0.1) is 25.9 Å². The molecule has 1 fully saturated rings. The highest BCUT2D eigenvalue weighted by atomic mass is 32.2. The summed E-state index contributed by atoms with van der Waals surface area (Å²) in [6, 6.07) is 5.60. The summed E-state index contributed by atoms with van der Waals surface area (Å²) in [5.74, 6) is 0.897. The van der Waals surface area contributed by atoms with Crippen molar-refractivity contribution in [2.24, 2.45) is 5.92 Å². The lowest BCUT2D eigenvalue weighted by Crippen LogP contribution is -2.44. The van der Waals surface area contributed by atoms with Crippen molar-refractivity contribution in [3.8, 4) is 11.5 Å². The number of nitrogens with zero attached hydrogens (tertiary/aromatic N) is 1. The van der Waals surface area contributed by atoms with Crippen molar-refractivity contribution in [1.29, 1.82) is 0 Å². The first-order valence-corrected chi connectivity index (χ1v) is 11.2. The van der Waals surface area contributed by atoms with Crippen molar-refractivity contribution in [3.05, 3.63) is 23.8 Å². The number of carbonyl (C=O) groups is 1. The van der Waals surface area contributed by atoms with Crippen LogP contribution in [-0.2, 0) is 21.4 Å². The number of nitrogens with one attached hydrogen (secondary N) is 1. The predicted molar refractivity (Wildman–Crippen MR) is 104 cm³/mol. The molecule has 0 saturated carbocycles. The van der Waals surface area contributed by atoms with Gasteiger partial charge in [-0.3, -0.25) is 4.79 Å². The highest BCUT2D eigenvalue weighted by Crippen LogP contribution is 2.28. The fourth-order valence-corrected chi connectivity index (χ4v) is 3.97. The Morgan fingerprint density at radius 1 is 1.33 bits per heavy atom. The number of rotatable bonds is 9. The molecule has 1 atom stereocenters. The first kappa shape index (κ1) is 21.5. The SMILES string of the molecule is CCCCOc1ccc(CNC(=O)[C@H]2CCCN(S(C)(=O)=O)C2)cc1OC. The van der Waals surface area contributed by atoms with E-state index in [1.54, 1.807) is 7.11 Å². The molecule has 1 amide bonds. The number of ether oxygens (including phenoxy) is 2. The summed E-state index contributed by atoms with van der Waals surface area (Å²) in [6.45, 7) is 3.84. The molecule has 2 rings (SSSR count). The summed E-state index contributed by atoms with van der Waals surface area (Å²) >= 11 is 0. The monoisotopic (exact) mass is 398 g/mol. The van der Waals surface area contributed by atoms with E-state index in [2.05, 4.69) is 12.2 Å². The van der Waals surface area contributed by atoms with Crippen LogP contribution >= 0.6 is 0 Å². The minimum absolute atomic E-state index is 0.120. The van der Waals surface area contributed by atoms with Gasteiger partial charge < -0.3 is 14.8 Å². The lowest BCUT2D eigenvalue weighted by Gasteiger charge is -2.30. The van der Waals surface area contributed by atoms with E-state index in [0.29, 0.717) is 44.0 Å². The number of unbranched alkanes of at least 4 members (excludes halogenated alkanes) is 1. The van der Waals surface area contributed by atoms with Gasteiger partial charge in [-0.25, -0.2) is 12.7 Å². The summed E-state index contributed by atoms with van der Waals surface area (Å²) in [5, 5.41) is 2.91. The Morgan fingerprint density at radius 3 is 2.78 bits per heavy atom. The highest BCUT2D eigenvalue weighted by molar-refractivity contribution is 7.88. The number of hydrogen-bond acceptors (Lipinski definition) is 5. The second-order valence-corrected chi connectivity index (χ2v) is 8.85. The van der Waals surface area contributed by atoms with Gasteiger partial charge in [0.25, 0.3) is 0 Å². The first-order chi connectivity index (χ1) is 12.8. The fourth-order valence-electron chi connectivity index (χ4n) is 3.06. The van der Waals surface area contributed by atoms with E-state index in [1.807, 2.05) is 18.2 Å². The highest BCUT2D eigenvalue weighted by Gasteiger charge is 2.29. The van der Waals surface area contributed by atoms with E-state index < -0.39 is 10.0 Å². The van der Waals surface area contributed by atoms with Crippen LogP contribution in [0.25, 0.3) is 0 Å². The molecule has 1 aromatic rings. The molecule has 8 heteroatoms. The summed E-state index contributed by atoms with van der Waals surface area (Å²) in [7, 11) is -1.67. The molecule has 1 aliphatic rings. The van der Waals surface area contributed by atoms with Crippen LogP contribution in [0, 0.1) is 5.92 Å². The van der Waals surface area contributed by atoms with E-state index in [0.717, 1.165) is 18.4 Å². The van der Waals surface area contributed by atoms with Gasteiger partial charge in [0.2, 0.25) is 15.9 Å². The number of piperidine rings is 1. The zero-order valence-electron chi connectivity index (χ0n) is 16.4. The van der Waals surface area contributed by atoms with Crippen molar-refractivity contribution in [1.82, 2.24) is 9.62 Å². The van der Waals surface area contributed by atoms with Gasteiger partial charge in [-0.2, -0.15) is 0 Å². The zero-order valence-corrected chi connectivity index (χ0v) is 17.2. The predicted octanol–water partition coefficient (Wildman–Crippen LogP) is 2.16. The van der Waals surface area contributed by atoms with Gasteiger partial charge in [0.1, 0.15) is 0 Å². The molecule has 1 heterocycles. The van der Waals surface area contributed by atoms with E-state index in [9.17, 15) is 13.2 Å². The Morgan fingerprint density at radius 2 is 2.11 bits per heavy atom. The van der Waals surface area contributed by atoms with Crippen molar-refractivity contribution in [2.45, 2.75) is 39.2 Å². The van der Waals surface area contributed by atoms with Crippen LogP contribution in [0.15, 0.2) is 18.2 Å².